The third-order valence-corrected chi connectivity index (χ3v) is 5.94. The Labute approximate surface area is 234 Å². The number of primary amides is 1. The molecule has 0 saturated carbocycles. The molecule has 0 radical (unpaired) electrons. The van der Waals surface area contributed by atoms with Crippen LogP contribution >= 0.6 is 0 Å². The SMILES string of the molecule is Cc1cccc(C(C(=O)NC(C)(C)C)N(C(=O)C(CCC(N)=O)NC(=O)OC(C)(C)C)C(C)CCC(C)C)c1. The first-order chi connectivity index (χ1) is 17.8. The minimum atomic E-state index is -1.12. The van der Waals surface area contributed by atoms with Gasteiger partial charge in [-0.15, -0.1) is 0 Å². The fraction of sp³-hybridized carbons (Fsp3) is 0.667. The first-order valence-corrected chi connectivity index (χ1v) is 13.8. The molecule has 0 saturated heterocycles. The maximum Gasteiger partial charge on any atom is 0.408 e. The molecule has 1 rings (SSSR count). The average Bonchev–Trinajstić information content (AvgIpc) is 2.75. The Morgan fingerprint density at radius 1 is 0.974 bits per heavy atom. The van der Waals surface area contributed by atoms with Gasteiger partial charge in [0.15, 0.2) is 0 Å². The summed E-state index contributed by atoms with van der Waals surface area (Å²) in [4.78, 5) is 54.2. The molecular weight excluding hydrogens is 496 g/mol. The van der Waals surface area contributed by atoms with E-state index in [2.05, 4.69) is 24.5 Å². The highest BCUT2D eigenvalue weighted by atomic mass is 16.6. The summed E-state index contributed by atoms with van der Waals surface area (Å²) in [5.41, 5.74) is 5.67. The lowest BCUT2D eigenvalue weighted by atomic mass is 9.95. The molecule has 4 N–H and O–H groups in total. The van der Waals surface area contributed by atoms with Crippen LogP contribution in [0.3, 0.4) is 0 Å². The molecule has 220 valence electrons. The van der Waals surface area contributed by atoms with Crippen LogP contribution in [0.15, 0.2) is 24.3 Å². The Balaban J connectivity index is 3.67. The van der Waals surface area contributed by atoms with E-state index < -0.39 is 41.1 Å². The molecule has 39 heavy (non-hydrogen) atoms. The topological polar surface area (TPSA) is 131 Å². The van der Waals surface area contributed by atoms with E-state index in [0.717, 1.165) is 12.0 Å². The van der Waals surface area contributed by atoms with Crippen molar-refractivity contribution in [2.45, 2.75) is 124 Å². The second-order valence-electron chi connectivity index (χ2n) is 12.8. The van der Waals surface area contributed by atoms with Crippen LogP contribution in [0.2, 0.25) is 0 Å². The van der Waals surface area contributed by atoms with Gasteiger partial charge in [-0.3, -0.25) is 14.4 Å². The summed E-state index contributed by atoms with van der Waals surface area (Å²) in [6, 6.07) is 5.06. The quantitative estimate of drug-likeness (QED) is 0.348. The van der Waals surface area contributed by atoms with Crippen LogP contribution in [0.4, 0.5) is 4.79 Å². The summed E-state index contributed by atoms with van der Waals surface area (Å²) in [5, 5.41) is 5.68. The predicted octanol–water partition coefficient (Wildman–Crippen LogP) is 4.76. The van der Waals surface area contributed by atoms with Crippen molar-refractivity contribution in [3.8, 4) is 0 Å². The van der Waals surface area contributed by atoms with Crippen LogP contribution in [0.1, 0.15) is 105 Å². The number of nitrogens with one attached hydrogen (secondary N) is 2. The van der Waals surface area contributed by atoms with Gasteiger partial charge in [-0.25, -0.2) is 4.79 Å². The van der Waals surface area contributed by atoms with Crippen molar-refractivity contribution in [1.82, 2.24) is 15.5 Å². The largest absolute Gasteiger partial charge is 0.444 e. The Hall–Kier alpha value is -3.10. The highest BCUT2D eigenvalue weighted by molar-refractivity contribution is 5.93. The summed E-state index contributed by atoms with van der Waals surface area (Å²) in [5.74, 6) is -1.02. The first-order valence-electron chi connectivity index (χ1n) is 13.8. The van der Waals surface area contributed by atoms with E-state index in [1.807, 2.05) is 58.9 Å². The van der Waals surface area contributed by atoms with E-state index in [0.29, 0.717) is 17.9 Å². The number of hydrogen-bond donors (Lipinski definition) is 3. The molecule has 0 aliphatic heterocycles. The van der Waals surface area contributed by atoms with E-state index in [1.165, 1.54) is 0 Å². The Morgan fingerprint density at radius 3 is 2.08 bits per heavy atom. The van der Waals surface area contributed by atoms with Crippen molar-refractivity contribution in [1.29, 1.82) is 0 Å². The van der Waals surface area contributed by atoms with Gasteiger partial charge in [0, 0.05) is 18.0 Å². The number of alkyl carbamates (subject to hydrolysis) is 1. The molecule has 3 atom stereocenters. The predicted molar refractivity (Wildman–Crippen MR) is 154 cm³/mol. The molecule has 0 heterocycles. The van der Waals surface area contributed by atoms with Crippen LogP contribution in [-0.2, 0) is 19.1 Å². The zero-order chi connectivity index (χ0) is 30.1. The number of amides is 4. The van der Waals surface area contributed by atoms with E-state index in [-0.39, 0.29) is 24.8 Å². The van der Waals surface area contributed by atoms with Gasteiger partial charge in [-0.1, -0.05) is 43.7 Å². The monoisotopic (exact) mass is 546 g/mol. The van der Waals surface area contributed by atoms with Gasteiger partial charge in [0.1, 0.15) is 17.7 Å². The van der Waals surface area contributed by atoms with E-state index in [4.69, 9.17) is 10.5 Å². The fourth-order valence-electron chi connectivity index (χ4n) is 4.20. The smallest absolute Gasteiger partial charge is 0.408 e. The Bertz CT molecular complexity index is 994. The van der Waals surface area contributed by atoms with Crippen LogP contribution in [0.25, 0.3) is 0 Å². The van der Waals surface area contributed by atoms with Gasteiger partial charge in [-0.05, 0) is 86.1 Å². The molecule has 9 heteroatoms. The summed E-state index contributed by atoms with van der Waals surface area (Å²) < 4.78 is 5.40. The number of carbonyl (C=O) groups is 4. The third-order valence-electron chi connectivity index (χ3n) is 5.94. The van der Waals surface area contributed by atoms with Crippen molar-refractivity contribution < 1.29 is 23.9 Å². The number of nitrogens with two attached hydrogens (primary N) is 1. The maximum absolute atomic E-state index is 14.3. The van der Waals surface area contributed by atoms with E-state index >= 15 is 0 Å². The summed E-state index contributed by atoms with van der Waals surface area (Å²) in [7, 11) is 0. The average molecular weight is 547 g/mol. The lowest BCUT2D eigenvalue weighted by Crippen LogP contribution is -2.57. The van der Waals surface area contributed by atoms with Crippen LogP contribution in [0, 0.1) is 12.8 Å². The number of ether oxygens (including phenoxy) is 1. The lowest BCUT2D eigenvalue weighted by molar-refractivity contribution is -0.146. The second-order valence-corrected chi connectivity index (χ2v) is 12.8. The zero-order valence-electron chi connectivity index (χ0n) is 25.5. The molecule has 4 amide bonds. The molecule has 1 aromatic rings. The van der Waals surface area contributed by atoms with Gasteiger partial charge in [0.05, 0.1) is 0 Å². The molecule has 0 spiro atoms. The number of aryl methyl sites for hydroxylation is 1. The van der Waals surface area contributed by atoms with Crippen LogP contribution < -0.4 is 16.4 Å². The van der Waals surface area contributed by atoms with Crippen molar-refractivity contribution in [3.05, 3.63) is 35.4 Å². The summed E-state index contributed by atoms with van der Waals surface area (Å²) in [6.45, 7) is 18.8. The van der Waals surface area contributed by atoms with Gasteiger partial charge in [0.25, 0.3) is 0 Å². The van der Waals surface area contributed by atoms with Crippen molar-refractivity contribution >= 4 is 23.8 Å². The first kappa shape index (κ1) is 33.9. The van der Waals surface area contributed by atoms with Gasteiger partial charge >= 0.3 is 6.09 Å². The molecule has 0 aliphatic rings. The minimum Gasteiger partial charge on any atom is -0.444 e. The highest BCUT2D eigenvalue weighted by Crippen LogP contribution is 2.29. The van der Waals surface area contributed by atoms with Crippen LogP contribution in [0.5, 0.6) is 0 Å². The third kappa shape index (κ3) is 12.5. The Kier molecular flexibility index (Phi) is 12.5. The molecule has 0 fully saturated rings. The molecule has 0 aliphatic carbocycles. The normalized spacial score (nSPS) is 14.2. The standard InChI is InChI=1S/C30H50N4O5/c1-19(2)14-15-21(4)34(25(26(36)33-29(5,6)7)22-13-11-12-20(3)18-22)27(37)23(16-17-24(31)35)32-28(38)39-30(8,9)10/h11-13,18-19,21,23,25H,14-17H2,1-10H3,(H2,31,35)(H,32,38)(H,33,36). The number of hydrogen-bond acceptors (Lipinski definition) is 5. The number of carbonyl (C=O) groups excluding carboxylic acids is 4. The fourth-order valence-corrected chi connectivity index (χ4v) is 4.20. The molecule has 0 aromatic heterocycles. The van der Waals surface area contributed by atoms with Crippen molar-refractivity contribution in [3.63, 3.8) is 0 Å². The molecular formula is C30H50N4O5. The number of nitrogens with zero attached hydrogens (tertiary/aromatic N) is 1. The van der Waals surface area contributed by atoms with Crippen LogP contribution in [-0.4, -0.2) is 51.9 Å². The van der Waals surface area contributed by atoms with Gasteiger partial charge in [0.2, 0.25) is 17.7 Å². The summed E-state index contributed by atoms with van der Waals surface area (Å²) >= 11 is 0. The molecule has 9 nitrogen and oxygen atoms in total. The zero-order valence-corrected chi connectivity index (χ0v) is 25.5. The minimum absolute atomic E-state index is 0.0256. The van der Waals surface area contributed by atoms with Crippen molar-refractivity contribution in [2.75, 3.05) is 0 Å². The molecule has 3 unspecified atom stereocenters. The summed E-state index contributed by atoms with van der Waals surface area (Å²) in [6.07, 6.45) is 0.541. The maximum atomic E-state index is 14.3. The number of benzene rings is 1. The van der Waals surface area contributed by atoms with E-state index in [1.54, 1.807) is 25.7 Å². The van der Waals surface area contributed by atoms with E-state index in [9.17, 15) is 19.2 Å². The molecule has 0 bridgehead atoms. The lowest BCUT2D eigenvalue weighted by Gasteiger charge is -2.40. The second kappa shape index (κ2) is 14.3. The highest BCUT2D eigenvalue weighted by Gasteiger charge is 2.39. The van der Waals surface area contributed by atoms with Gasteiger partial charge in [-0.2, -0.15) is 0 Å². The molecule has 1 aromatic carbocycles. The Morgan fingerprint density at radius 2 is 1.59 bits per heavy atom. The van der Waals surface area contributed by atoms with Gasteiger partial charge < -0.3 is 26.0 Å². The number of rotatable bonds is 12. The van der Waals surface area contributed by atoms with Crippen molar-refractivity contribution in [2.24, 2.45) is 11.7 Å².